The number of carbonyl (C=O) groups is 2. The highest BCUT2D eigenvalue weighted by molar-refractivity contribution is 5.94. The summed E-state index contributed by atoms with van der Waals surface area (Å²) in [7, 11) is 0. The van der Waals surface area contributed by atoms with Crippen molar-refractivity contribution in [3.05, 3.63) is 41.2 Å². The Morgan fingerprint density at radius 2 is 2.12 bits per heavy atom. The molecule has 8 nitrogen and oxygen atoms in total. The van der Waals surface area contributed by atoms with E-state index >= 15 is 0 Å². The monoisotopic (exact) mass is 329 g/mol. The van der Waals surface area contributed by atoms with Gasteiger partial charge in [-0.15, -0.1) is 0 Å². The lowest BCUT2D eigenvalue weighted by Crippen LogP contribution is -2.46. The Balaban J connectivity index is 1.73. The van der Waals surface area contributed by atoms with Gasteiger partial charge < -0.3 is 14.7 Å². The fraction of sp³-hybridized carbons (Fsp3) is 0.375. The average Bonchev–Trinajstić information content (AvgIpc) is 3.18. The number of nitrogens with zero attached hydrogens (tertiary/aromatic N) is 3. The predicted molar refractivity (Wildman–Crippen MR) is 79.7 cm³/mol. The van der Waals surface area contributed by atoms with Gasteiger partial charge in [0.25, 0.3) is 5.91 Å². The third-order valence-corrected chi connectivity index (χ3v) is 4.89. The molecule has 124 valence electrons. The number of likely N-dealkylation sites (tertiary alicyclic amines) is 1. The molecule has 4 rings (SSSR count). The molecule has 0 unspecified atom stereocenters. The van der Waals surface area contributed by atoms with E-state index in [9.17, 15) is 14.7 Å². The van der Waals surface area contributed by atoms with Crippen molar-refractivity contribution in [3.63, 3.8) is 0 Å². The van der Waals surface area contributed by atoms with Crippen molar-refractivity contribution in [1.29, 1.82) is 0 Å². The van der Waals surface area contributed by atoms with Gasteiger partial charge >= 0.3 is 5.97 Å². The van der Waals surface area contributed by atoms with Crippen LogP contribution < -0.4 is 4.74 Å². The molecule has 2 aromatic rings. The van der Waals surface area contributed by atoms with E-state index in [0.717, 1.165) is 5.56 Å². The Bertz CT molecular complexity index is 833. The molecule has 2 atom stereocenters. The van der Waals surface area contributed by atoms with Gasteiger partial charge in [-0.1, -0.05) is 23.4 Å². The second-order valence-corrected chi connectivity index (χ2v) is 6.22. The van der Waals surface area contributed by atoms with E-state index in [0.29, 0.717) is 11.4 Å². The summed E-state index contributed by atoms with van der Waals surface area (Å²) < 4.78 is 10.3. The number of benzene rings is 1. The maximum atomic E-state index is 12.7. The lowest BCUT2D eigenvalue weighted by Gasteiger charge is -2.35. The highest BCUT2D eigenvalue weighted by atomic mass is 16.6. The molecule has 0 bridgehead atoms. The minimum Gasteiger partial charge on any atom is -0.492 e. The van der Waals surface area contributed by atoms with E-state index in [-0.39, 0.29) is 37.2 Å². The summed E-state index contributed by atoms with van der Waals surface area (Å²) in [5.74, 6) is -0.995. The third-order valence-electron chi connectivity index (χ3n) is 4.89. The van der Waals surface area contributed by atoms with Crippen LogP contribution in [0.2, 0.25) is 0 Å². The summed E-state index contributed by atoms with van der Waals surface area (Å²) in [6, 6.07) is 7.36. The number of carboxylic acid groups (broad SMARTS) is 1. The Morgan fingerprint density at radius 1 is 1.33 bits per heavy atom. The molecule has 0 radical (unpaired) electrons. The van der Waals surface area contributed by atoms with Crippen LogP contribution in [0.25, 0.3) is 0 Å². The molecule has 0 aliphatic carbocycles. The first-order chi connectivity index (χ1) is 11.5. The maximum absolute atomic E-state index is 12.7. The van der Waals surface area contributed by atoms with Gasteiger partial charge in [-0.2, -0.15) is 0 Å². The van der Waals surface area contributed by atoms with E-state index in [2.05, 4.69) is 14.9 Å². The molecule has 3 heterocycles. The van der Waals surface area contributed by atoms with E-state index in [1.165, 1.54) is 4.90 Å². The van der Waals surface area contributed by atoms with Gasteiger partial charge in [0.1, 0.15) is 23.5 Å². The zero-order valence-corrected chi connectivity index (χ0v) is 12.9. The summed E-state index contributed by atoms with van der Waals surface area (Å²) in [6.07, 6.45) is 0. The Labute approximate surface area is 137 Å². The highest BCUT2D eigenvalue weighted by Crippen LogP contribution is 2.49. The number of para-hydroxylation sites is 1. The van der Waals surface area contributed by atoms with Crippen LogP contribution in [0.3, 0.4) is 0 Å². The molecule has 8 heteroatoms. The van der Waals surface area contributed by atoms with Gasteiger partial charge in [0.2, 0.25) is 0 Å². The lowest BCUT2D eigenvalue weighted by molar-refractivity contribution is -0.151. The van der Waals surface area contributed by atoms with Crippen molar-refractivity contribution in [3.8, 4) is 5.75 Å². The number of aryl methyl sites for hydroxylation is 1. The zero-order chi connectivity index (χ0) is 16.9. The number of aromatic nitrogens is 2. The first kappa shape index (κ1) is 14.7. The summed E-state index contributed by atoms with van der Waals surface area (Å²) in [5, 5.41) is 17.1. The molecule has 2 aliphatic rings. The van der Waals surface area contributed by atoms with Gasteiger partial charge in [-0.05, 0) is 18.1 Å². The number of aliphatic carboxylic acids is 1. The van der Waals surface area contributed by atoms with Gasteiger partial charge in [-0.25, -0.2) is 4.63 Å². The minimum atomic E-state index is -1.16. The molecule has 24 heavy (non-hydrogen) atoms. The van der Waals surface area contributed by atoms with Gasteiger partial charge in [-0.3, -0.25) is 9.59 Å². The molecule has 0 saturated carbocycles. The number of rotatable bonds is 2. The van der Waals surface area contributed by atoms with Crippen LogP contribution in [0.1, 0.15) is 27.7 Å². The molecular formula is C16H15N3O5. The Hall–Kier alpha value is -2.90. The van der Waals surface area contributed by atoms with Crippen LogP contribution in [0.4, 0.5) is 0 Å². The number of hydrogen-bond acceptors (Lipinski definition) is 6. The SMILES string of the molecule is Cc1nonc1C(=O)N1C[C@@H]2c3ccccc3OC[C@]2(C(=O)O)C1. The van der Waals surface area contributed by atoms with Crippen LogP contribution >= 0.6 is 0 Å². The average molecular weight is 329 g/mol. The highest BCUT2D eigenvalue weighted by Gasteiger charge is 2.57. The Morgan fingerprint density at radius 3 is 2.83 bits per heavy atom. The number of ether oxygens (including phenoxy) is 1. The predicted octanol–water partition coefficient (Wildman–Crippen LogP) is 1.08. The topological polar surface area (TPSA) is 106 Å². The summed E-state index contributed by atoms with van der Waals surface area (Å²) in [4.78, 5) is 26.2. The first-order valence-corrected chi connectivity index (χ1v) is 7.56. The summed E-state index contributed by atoms with van der Waals surface area (Å²) >= 11 is 0. The lowest BCUT2D eigenvalue weighted by atomic mass is 9.73. The largest absolute Gasteiger partial charge is 0.492 e. The van der Waals surface area contributed by atoms with E-state index in [4.69, 9.17) is 4.74 Å². The third kappa shape index (κ3) is 1.92. The number of hydrogen-bond donors (Lipinski definition) is 1. The van der Waals surface area contributed by atoms with Crippen molar-refractivity contribution in [2.45, 2.75) is 12.8 Å². The van der Waals surface area contributed by atoms with Crippen LogP contribution in [0, 0.1) is 12.3 Å². The van der Waals surface area contributed by atoms with Gasteiger partial charge in [0.15, 0.2) is 5.69 Å². The second kappa shape index (κ2) is 5.05. The van der Waals surface area contributed by atoms with E-state index in [1.807, 2.05) is 24.3 Å². The van der Waals surface area contributed by atoms with Crippen molar-refractivity contribution < 1.29 is 24.1 Å². The number of carboxylic acids is 1. The minimum absolute atomic E-state index is 0.0316. The smallest absolute Gasteiger partial charge is 0.315 e. The van der Waals surface area contributed by atoms with Crippen LogP contribution in [0.5, 0.6) is 5.75 Å². The first-order valence-electron chi connectivity index (χ1n) is 7.56. The number of amides is 1. The second-order valence-electron chi connectivity index (χ2n) is 6.22. The molecule has 1 aromatic carbocycles. The van der Waals surface area contributed by atoms with Crippen LogP contribution in [-0.4, -0.2) is 51.9 Å². The molecule has 1 amide bonds. The number of carbonyl (C=O) groups excluding carboxylic acids is 1. The van der Waals surface area contributed by atoms with Crippen LogP contribution in [0.15, 0.2) is 28.9 Å². The van der Waals surface area contributed by atoms with Crippen molar-refractivity contribution in [1.82, 2.24) is 15.2 Å². The Kier molecular flexibility index (Phi) is 3.09. The molecule has 1 aromatic heterocycles. The summed E-state index contributed by atoms with van der Waals surface area (Å²) in [5.41, 5.74) is 0.158. The molecule has 1 N–H and O–H groups in total. The standard InChI is InChI=1S/C16H15N3O5/c1-9-13(18-24-17-9)14(20)19-6-11-10-4-2-3-5-12(10)23-8-16(11,7-19)15(21)22/h2-5,11H,6-8H2,1H3,(H,21,22)/t11-,16-/m1/s1. The van der Waals surface area contributed by atoms with Gasteiger partial charge in [0.05, 0.1) is 0 Å². The van der Waals surface area contributed by atoms with Crippen LogP contribution in [-0.2, 0) is 4.79 Å². The van der Waals surface area contributed by atoms with Gasteiger partial charge in [0, 0.05) is 24.6 Å². The van der Waals surface area contributed by atoms with Crippen molar-refractivity contribution in [2.75, 3.05) is 19.7 Å². The molecule has 1 saturated heterocycles. The molecule has 0 spiro atoms. The van der Waals surface area contributed by atoms with Crippen molar-refractivity contribution >= 4 is 11.9 Å². The number of fused-ring (bicyclic) bond motifs is 3. The van der Waals surface area contributed by atoms with Crippen molar-refractivity contribution in [2.24, 2.45) is 5.41 Å². The molecular weight excluding hydrogens is 314 g/mol. The fourth-order valence-corrected chi connectivity index (χ4v) is 3.57. The van der Waals surface area contributed by atoms with E-state index in [1.54, 1.807) is 6.92 Å². The quantitative estimate of drug-likeness (QED) is 0.878. The zero-order valence-electron chi connectivity index (χ0n) is 12.9. The summed E-state index contributed by atoms with van der Waals surface area (Å²) in [6.45, 7) is 2.01. The van der Waals surface area contributed by atoms with E-state index < -0.39 is 11.4 Å². The molecule has 2 aliphatic heterocycles. The maximum Gasteiger partial charge on any atom is 0.315 e. The molecule has 1 fully saturated rings. The normalized spacial score (nSPS) is 24.9. The fourth-order valence-electron chi connectivity index (χ4n) is 3.57.